The molecule has 2 aromatic rings. The van der Waals surface area contributed by atoms with Crippen LogP contribution < -0.4 is 10.1 Å². The standard InChI is InChI=1S/C17H17Cl2NO/c1-20-17(14-6-3-7-15(18)16(14)19)11-4-2-5-13(10-11)21-12-8-9-12/h2-7,10,12,17,20H,8-9H2,1H3. The maximum atomic E-state index is 6.35. The van der Waals surface area contributed by atoms with Crippen LogP contribution in [-0.2, 0) is 0 Å². The first kappa shape index (κ1) is 14.7. The van der Waals surface area contributed by atoms with Crippen LogP contribution in [0.25, 0.3) is 0 Å². The quantitative estimate of drug-likeness (QED) is 0.850. The number of nitrogens with one attached hydrogen (secondary N) is 1. The van der Waals surface area contributed by atoms with E-state index < -0.39 is 0 Å². The highest BCUT2D eigenvalue weighted by Gasteiger charge is 2.24. The van der Waals surface area contributed by atoms with E-state index >= 15 is 0 Å². The third-order valence-electron chi connectivity index (χ3n) is 3.60. The molecule has 0 amide bonds. The highest BCUT2D eigenvalue weighted by molar-refractivity contribution is 6.42. The summed E-state index contributed by atoms with van der Waals surface area (Å²) >= 11 is 12.5. The molecule has 1 aliphatic rings. The Balaban J connectivity index is 1.93. The Labute approximate surface area is 135 Å². The highest BCUT2D eigenvalue weighted by Crippen LogP contribution is 2.34. The van der Waals surface area contributed by atoms with Crippen molar-refractivity contribution in [3.05, 3.63) is 63.6 Å². The van der Waals surface area contributed by atoms with Crippen molar-refractivity contribution in [1.82, 2.24) is 5.32 Å². The largest absolute Gasteiger partial charge is 0.490 e. The van der Waals surface area contributed by atoms with Crippen LogP contribution in [0.4, 0.5) is 0 Å². The number of halogens is 2. The van der Waals surface area contributed by atoms with Gasteiger partial charge >= 0.3 is 0 Å². The van der Waals surface area contributed by atoms with Crippen molar-refractivity contribution in [2.45, 2.75) is 25.0 Å². The lowest BCUT2D eigenvalue weighted by atomic mass is 9.98. The molecule has 21 heavy (non-hydrogen) atoms. The van der Waals surface area contributed by atoms with Gasteiger partial charge in [-0.15, -0.1) is 0 Å². The summed E-state index contributed by atoms with van der Waals surface area (Å²) in [6.45, 7) is 0. The molecule has 0 bridgehead atoms. The van der Waals surface area contributed by atoms with Crippen LogP contribution in [0.1, 0.15) is 30.0 Å². The van der Waals surface area contributed by atoms with E-state index in [0.29, 0.717) is 16.1 Å². The third-order valence-corrected chi connectivity index (χ3v) is 4.43. The number of rotatable bonds is 5. The lowest BCUT2D eigenvalue weighted by molar-refractivity contribution is 0.302. The fraction of sp³-hybridized carbons (Fsp3) is 0.294. The van der Waals surface area contributed by atoms with E-state index in [9.17, 15) is 0 Å². The summed E-state index contributed by atoms with van der Waals surface area (Å²) in [6.07, 6.45) is 2.70. The first-order valence-electron chi connectivity index (χ1n) is 7.07. The predicted molar refractivity (Wildman–Crippen MR) is 87.5 cm³/mol. The summed E-state index contributed by atoms with van der Waals surface area (Å²) in [5.74, 6) is 0.911. The topological polar surface area (TPSA) is 21.3 Å². The average molecular weight is 322 g/mol. The summed E-state index contributed by atoms with van der Waals surface area (Å²) in [5.41, 5.74) is 2.08. The van der Waals surface area contributed by atoms with Gasteiger partial charge in [0.2, 0.25) is 0 Å². The Morgan fingerprint density at radius 2 is 1.90 bits per heavy atom. The van der Waals surface area contributed by atoms with Crippen molar-refractivity contribution in [3.63, 3.8) is 0 Å². The summed E-state index contributed by atoms with van der Waals surface area (Å²) < 4.78 is 5.86. The normalized spacial score (nSPS) is 15.8. The Kier molecular flexibility index (Phi) is 4.39. The van der Waals surface area contributed by atoms with Crippen molar-refractivity contribution in [3.8, 4) is 5.75 Å². The zero-order valence-electron chi connectivity index (χ0n) is 11.8. The van der Waals surface area contributed by atoms with Crippen LogP contribution in [0, 0.1) is 0 Å². The molecule has 3 rings (SSSR count). The van der Waals surface area contributed by atoms with Crippen molar-refractivity contribution < 1.29 is 4.74 Å². The number of benzene rings is 2. The van der Waals surface area contributed by atoms with Crippen LogP contribution in [0.2, 0.25) is 10.0 Å². The number of hydrogen-bond acceptors (Lipinski definition) is 2. The molecule has 1 fully saturated rings. The minimum atomic E-state index is -0.0149. The molecule has 1 aliphatic carbocycles. The van der Waals surface area contributed by atoms with Crippen molar-refractivity contribution in [2.75, 3.05) is 7.05 Å². The minimum absolute atomic E-state index is 0.0149. The zero-order valence-corrected chi connectivity index (χ0v) is 13.3. The molecule has 0 radical (unpaired) electrons. The van der Waals surface area contributed by atoms with Gasteiger partial charge in [0.15, 0.2) is 0 Å². The molecular formula is C17H17Cl2NO. The van der Waals surface area contributed by atoms with Crippen LogP contribution in [0.15, 0.2) is 42.5 Å². The summed E-state index contributed by atoms with van der Waals surface area (Å²) in [6, 6.07) is 13.8. The summed E-state index contributed by atoms with van der Waals surface area (Å²) in [7, 11) is 1.91. The van der Waals surface area contributed by atoms with Gasteiger partial charge in [0, 0.05) is 0 Å². The van der Waals surface area contributed by atoms with E-state index in [0.717, 1.165) is 29.7 Å². The lowest BCUT2D eigenvalue weighted by Gasteiger charge is -2.20. The van der Waals surface area contributed by atoms with Crippen LogP contribution in [-0.4, -0.2) is 13.2 Å². The second-order valence-electron chi connectivity index (χ2n) is 5.25. The minimum Gasteiger partial charge on any atom is -0.490 e. The van der Waals surface area contributed by atoms with Gasteiger partial charge in [0.25, 0.3) is 0 Å². The Bertz CT molecular complexity index is 640. The molecule has 4 heteroatoms. The Hall–Kier alpha value is -1.22. The molecule has 0 aromatic heterocycles. The van der Waals surface area contributed by atoms with Gasteiger partial charge in [-0.3, -0.25) is 0 Å². The lowest BCUT2D eigenvalue weighted by Crippen LogP contribution is -2.18. The highest BCUT2D eigenvalue weighted by atomic mass is 35.5. The number of hydrogen-bond donors (Lipinski definition) is 1. The van der Waals surface area contributed by atoms with E-state index in [1.165, 1.54) is 0 Å². The summed E-state index contributed by atoms with van der Waals surface area (Å²) in [5, 5.41) is 4.46. The molecule has 1 N–H and O–H groups in total. The second kappa shape index (κ2) is 6.27. The predicted octanol–water partition coefficient (Wildman–Crippen LogP) is 4.84. The molecule has 1 atom stereocenters. The van der Waals surface area contributed by atoms with Gasteiger partial charge in [-0.2, -0.15) is 0 Å². The van der Waals surface area contributed by atoms with Gasteiger partial charge < -0.3 is 10.1 Å². The smallest absolute Gasteiger partial charge is 0.120 e. The fourth-order valence-corrected chi connectivity index (χ4v) is 2.81. The first-order valence-corrected chi connectivity index (χ1v) is 7.82. The molecule has 0 saturated heterocycles. The molecule has 110 valence electrons. The molecule has 0 spiro atoms. The third kappa shape index (κ3) is 3.34. The molecule has 0 aliphatic heterocycles. The zero-order chi connectivity index (χ0) is 14.8. The van der Waals surface area contributed by atoms with Gasteiger partial charge in [-0.25, -0.2) is 0 Å². The SMILES string of the molecule is CNC(c1cccc(OC2CC2)c1)c1cccc(Cl)c1Cl. The van der Waals surface area contributed by atoms with E-state index in [4.69, 9.17) is 27.9 Å². The maximum absolute atomic E-state index is 6.35. The van der Waals surface area contributed by atoms with Gasteiger partial charge in [0.05, 0.1) is 22.2 Å². The summed E-state index contributed by atoms with van der Waals surface area (Å²) in [4.78, 5) is 0. The van der Waals surface area contributed by atoms with Crippen LogP contribution >= 0.6 is 23.2 Å². The molecular weight excluding hydrogens is 305 g/mol. The monoisotopic (exact) mass is 321 g/mol. The van der Waals surface area contributed by atoms with Crippen molar-refractivity contribution in [1.29, 1.82) is 0 Å². The number of ether oxygens (including phenoxy) is 1. The van der Waals surface area contributed by atoms with Crippen molar-refractivity contribution in [2.24, 2.45) is 0 Å². The maximum Gasteiger partial charge on any atom is 0.120 e. The molecule has 0 heterocycles. The van der Waals surface area contributed by atoms with E-state index in [1.54, 1.807) is 6.07 Å². The van der Waals surface area contributed by atoms with Crippen LogP contribution in [0.3, 0.4) is 0 Å². The first-order chi connectivity index (χ1) is 10.2. The van der Waals surface area contributed by atoms with Crippen LogP contribution in [0.5, 0.6) is 5.75 Å². The second-order valence-corrected chi connectivity index (χ2v) is 6.04. The van der Waals surface area contributed by atoms with Crippen molar-refractivity contribution >= 4 is 23.2 Å². The Morgan fingerprint density at radius 1 is 1.14 bits per heavy atom. The van der Waals surface area contributed by atoms with E-state index in [1.807, 2.05) is 31.3 Å². The average Bonchev–Trinajstić information content (AvgIpc) is 3.29. The molecule has 1 saturated carbocycles. The molecule has 1 unspecified atom stereocenters. The Morgan fingerprint density at radius 3 is 2.62 bits per heavy atom. The van der Waals surface area contributed by atoms with E-state index in [2.05, 4.69) is 17.4 Å². The van der Waals surface area contributed by atoms with Gasteiger partial charge in [0.1, 0.15) is 5.75 Å². The molecule has 2 aromatic carbocycles. The fourth-order valence-electron chi connectivity index (χ4n) is 2.39. The van der Waals surface area contributed by atoms with Gasteiger partial charge in [-0.1, -0.05) is 47.5 Å². The van der Waals surface area contributed by atoms with E-state index in [-0.39, 0.29) is 6.04 Å². The molecule has 2 nitrogen and oxygen atoms in total. The van der Waals surface area contributed by atoms with Gasteiger partial charge in [-0.05, 0) is 49.2 Å².